The van der Waals surface area contributed by atoms with E-state index >= 15 is 0 Å². The van der Waals surface area contributed by atoms with Crippen molar-refractivity contribution >= 4 is 22.8 Å². The zero-order valence-corrected chi connectivity index (χ0v) is 17.3. The molecule has 1 amide bonds. The molecule has 0 spiro atoms. The highest BCUT2D eigenvalue weighted by atomic mass is 16.5. The van der Waals surface area contributed by atoms with Gasteiger partial charge in [0.1, 0.15) is 17.8 Å². The standard InChI is InChI=1S/C21H27N7O2/c1-13-9-15-11-27(7-8-28(15)26-13)21(29)14-3-4-18(30-2)17(10-14)25-20-16-5-6-22-19(16)23-12-24-20/h5-6,9,12,14,17-18H,3-4,7-8,10-11H2,1-2H3,(H2,22,23,24,25)/t14-,17+,18+/m0/s1. The first-order valence-electron chi connectivity index (χ1n) is 10.5. The summed E-state index contributed by atoms with van der Waals surface area (Å²) >= 11 is 0. The molecule has 3 aromatic rings. The molecule has 1 fully saturated rings. The molecule has 0 saturated heterocycles. The van der Waals surface area contributed by atoms with E-state index in [1.165, 1.54) is 0 Å². The number of aryl methyl sites for hydroxylation is 1. The molecule has 4 heterocycles. The van der Waals surface area contributed by atoms with Crippen LogP contribution in [0.3, 0.4) is 0 Å². The Balaban J connectivity index is 1.31. The van der Waals surface area contributed by atoms with Gasteiger partial charge in [0, 0.05) is 25.8 Å². The maximum atomic E-state index is 13.3. The van der Waals surface area contributed by atoms with Crippen molar-refractivity contribution in [3.63, 3.8) is 0 Å². The zero-order chi connectivity index (χ0) is 20.7. The second kappa shape index (κ2) is 7.71. The van der Waals surface area contributed by atoms with Crippen molar-refractivity contribution in [1.29, 1.82) is 0 Å². The minimum absolute atomic E-state index is 0.0169. The smallest absolute Gasteiger partial charge is 0.226 e. The summed E-state index contributed by atoms with van der Waals surface area (Å²) < 4.78 is 7.76. The van der Waals surface area contributed by atoms with Crippen molar-refractivity contribution in [2.45, 2.75) is 51.4 Å². The van der Waals surface area contributed by atoms with Crippen molar-refractivity contribution in [3.05, 3.63) is 36.0 Å². The summed E-state index contributed by atoms with van der Waals surface area (Å²) in [6.07, 6.45) is 5.86. The number of nitrogens with zero attached hydrogens (tertiary/aromatic N) is 5. The van der Waals surface area contributed by atoms with E-state index in [-0.39, 0.29) is 24.0 Å². The number of methoxy groups -OCH3 is 1. The van der Waals surface area contributed by atoms with Gasteiger partial charge in [-0.3, -0.25) is 9.48 Å². The predicted molar refractivity (Wildman–Crippen MR) is 112 cm³/mol. The maximum absolute atomic E-state index is 13.3. The highest BCUT2D eigenvalue weighted by Crippen LogP contribution is 2.32. The van der Waals surface area contributed by atoms with Gasteiger partial charge in [-0.1, -0.05) is 0 Å². The van der Waals surface area contributed by atoms with Crippen LogP contribution >= 0.6 is 0 Å². The van der Waals surface area contributed by atoms with Gasteiger partial charge in [0.25, 0.3) is 0 Å². The monoisotopic (exact) mass is 409 g/mol. The van der Waals surface area contributed by atoms with Gasteiger partial charge in [-0.15, -0.1) is 0 Å². The van der Waals surface area contributed by atoms with Crippen LogP contribution in [-0.4, -0.2) is 61.3 Å². The second-order valence-corrected chi connectivity index (χ2v) is 8.26. The van der Waals surface area contributed by atoms with Crippen LogP contribution in [0.15, 0.2) is 24.7 Å². The fourth-order valence-electron chi connectivity index (χ4n) is 4.82. The Morgan fingerprint density at radius 3 is 3.07 bits per heavy atom. The van der Waals surface area contributed by atoms with Crippen LogP contribution in [0, 0.1) is 12.8 Å². The van der Waals surface area contributed by atoms with Gasteiger partial charge in [0.2, 0.25) is 5.91 Å². The minimum Gasteiger partial charge on any atom is -0.379 e. The Morgan fingerprint density at radius 1 is 1.30 bits per heavy atom. The SMILES string of the molecule is CO[C@@H]1CC[C@H](C(=O)N2CCn3nc(C)cc3C2)C[C@H]1Nc1ncnc2[nH]ccc12. The lowest BCUT2D eigenvalue weighted by atomic mass is 9.82. The highest BCUT2D eigenvalue weighted by Gasteiger charge is 2.37. The Labute approximate surface area is 174 Å². The van der Waals surface area contributed by atoms with Crippen LogP contribution in [-0.2, 0) is 22.6 Å². The van der Waals surface area contributed by atoms with Gasteiger partial charge >= 0.3 is 0 Å². The lowest BCUT2D eigenvalue weighted by molar-refractivity contribution is -0.139. The number of amides is 1. The van der Waals surface area contributed by atoms with E-state index in [0.717, 1.165) is 54.0 Å². The lowest BCUT2D eigenvalue weighted by Gasteiger charge is -2.38. The molecule has 5 rings (SSSR count). The highest BCUT2D eigenvalue weighted by molar-refractivity contribution is 5.87. The summed E-state index contributed by atoms with van der Waals surface area (Å²) in [5.74, 6) is 0.989. The molecule has 2 N–H and O–H groups in total. The summed E-state index contributed by atoms with van der Waals surface area (Å²) in [7, 11) is 1.74. The number of aromatic nitrogens is 5. The Morgan fingerprint density at radius 2 is 2.20 bits per heavy atom. The fraction of sp³-hybridized carbons (Fsp3) is 0.524. The Kier molecular flexibility index (Phi) is 4.90. The average molecular weight is 409 g/mol. The normalized spacial score (nSPS) is 24.1. The van der Waals surface area contributed by atoms with Gasteiger partial charge in [0.05, 0.1) is 42.0 Å². The zero-order valence-electron chi connectivity index (χ0n) is 17.3. The van der Waals surface area contributed by atoms with Gasteiger partial charge < -0.3 is 19.9 Å². The number of hydrogen-bond acceptors (Lipinski definition) is 6. The first-order chi connectivity index (χ1) is 14.6. The van der Waals surface area contributed by atoms with Crippen LogP contribution in [0.4, 0.5) is 5.82 Å². The molecule has 3 aromatic heterocycles. The summed E-state index contributed by atoms with van der Waals surface area (Å²) in [6, 6.07) is 4.05. The fourth-order valence-corrected chi connectivity index (χ4v) is 4.82. The van der Waals surface area contributed by atoms with Crippen molar-refractivity contribution in [2.75, 3.05) is 19.0 Å². The van der Waals surface area contributed by atoms with E-state index < -0.39 is 0 Å². The first kappa shape index (κ1) is 19.0. The number of aromatic amines is 1. The number of anilines is 1. The van der Waals surface area contributed by atoms with Crippen LogP contribution < -0.4 is 5.32 Å². The molecule has 3 atom stereocenters. The molecule has 9 nitrogen and oxygen atoms in total. The molecule has 0 aromatic carbocycles. The third-order valence-corrected chi connectivity index (χ3v) is 6.35. The van der Waals surface area contributed by atoms with Crippen LogP contribution in [0.25, 0.3) is 11.0 Å². The number of rotatable bonds is 4. The summed E-state index contributed by atoms with van der Waals surface area (Å²) in [5.41, 5.74) is 2.92. The minimum atomic E-state index is -0.0204. The lowest BCUT2D eigenvalue weighted by Crippen LogP contribution is -2.47. The quantitative estimate of drug-likeness (QED) is 0.684. The Bertz CT molecular complexity index is 1060. The molecule has 1 aliphatic carbocycles. The molecule has 9 heteroatoms. The molecule has 0 radical (unpaired) electrons. The maximum Gasteiger partial charge on any atom is 0.226 e. The van der Waals surface area contributed by atoms with Crippen molar-refractivity contribution in [1.82, 2.24) is 29.6 Å². The van der Waals surface area contributed by atoms with Gasteiger partial charge in [-0.2, -0.15) is 5.10 Å². The number of nitrogens with one attached hydrogen (secondary N) is 2. The van der Waals surface area contributed by atoms with Gasteiger partial charge in [0.15, 0.2) is 0 Å². The van der Waals surface area contributed by atoms with Gasteiger partial charge in [-0.05, 0) is 38.3 Å². The number of carbonyl (C=O) groups is 1. The predicted octanol–water partition coefficient (Wildman–Crippen LogP) is 2.10. The topological polar surface area (TPSA) is 101 Å². The molecule has 158 valence electrons. The summed E-state index contributed by atoms with van der Waals surface area (Å²) in [6.45, 7) is 4.10. The van der Waals surface area contributed by atoms with Crippen LogP contribution in [0.5, 0.6) is 0 Å². The van der Waals surface area contributed by atoms with Crippen LogP contribution in [0.2, 0.25) is 0 Å². The molecule has 2 aliphatic rings. The average Bonchev–Trinajstić information content (AvgIpc) is 3.38. The van der Waals surface area contributed by atoms with E-state index in [0.29, 0.717) is 13.1 Å². The van der Waals surface area contributed by atoms with Gasteiger partial charge in [-0.25, -0.2) is 9.97 Å². The Hall–Kier alpha value is -2.94. The first-order valence-corrected chi connectivity index (χ1v) is 10.5. The van der Waals surface area contributed by atoms with Crippen molar-refractivity contribution < 1.29 is 9.53 Å². The van der Waals surface area contributed by atoms with E-state index in [1.807, 2.05) is 28.8 Å². The largest absolute Gasteiger partial charge is 0.379 e. The van der Waals surface area contributed by atoms with E-state index in [9.17, 15) is 4.79 Å². The molecule has 1 aliphatic heterocycles. The number of fused-ring (bicyclic) bond motifs is 2. The summed E-state index contributed by atoms with van der Waals surface area (Å²) in [4.78, 5) is 27.1. The molecule has 0 bridgehead atoms. The van der Waals surface area contributed by atoms with E-state index in [2.05, 4.69) is 31.4 Å². The third-order valence-electron chi connectivity index (χ3n) is 6.35. The van der Waals surface area contributed by atoms with Crippen molar-refractivity contribution in [2.24, 2.45) is 5.92 Å². The molecular weight excluding hydrogens is 382 g/mol. The van der Waals surface area contributed by atoms with E-state index in [1.54, 1.807) is 13.4 Å². The molecular formula is C21H27N7O2. The van der Waals surface area contributed by atoms with E-state index in [4.69, 9.17) is 4.74 Å². The number of ether oxygens (including phenoxy) is 1. The van der Waals surface area contributed by atoms with Crippen LogP contribution in [0.1, 0.15) is 30.7 Å². The second-order valence-electron chi connectivity index (χ2n) is 8.26. The molecule has 30 heavy (non-hydrogen) atoms. The number of H-pyrrole nitrogens is 1. The summed E-state index contributed by atoms with van der Waals surface area (Å²) in [5, 5.41) is 8.98. The third kappa shape index (κ3) is 3.43. The van der Waals surface area contributed by atoms with Crippen molar-refractivity contribution in [3.8, 4) is 0 Å². The molecule has 0 unspecified atom stereocenters. The number of carbonyl (C=O) groups excluding carboxylic acids is 1. The molecule has 1 saturated carbocycles. The number of hydrogen-bond donors (Lipinski definition) is 2.